The molecular weight excluding hydrogens is 476 g/mol. The number of hydrogen-bond acceptors (Lipinski definition) is 5. The zero-order valence-electron chi connectivity index (χ0n) is 24.9. The van der Waals surface area contributed by atoms with Crippen LogP contribution in [0.5, 0.6) is 0 Å². The average molecular weight is 529 g/mol. The first-order chi connectivity index (χ1) is 18.1. The van der Waals surface area contributed by atoms with Crippen LogP contribution in [-0.2, 0) is 23.8 Å². The van der Waals surface area contributed by atoms with Crippen molar-refractivity contribution < 1.29 is 23.8 Å². The number of rotatable bonds is 8. The molecule has 0 aromatic carbocycles. The molecule has 0 saturated heterocycles. The standard InChI is InChI=1S/C33H52O5/c1-7-29(34)36-19-20(3)9-12-27-21(4)31-28(38-27)18-26-24-11-10-22-17-23(37-30(35)8-2)13-15-32(22,5)25(24)14-16-33(26,31)6/h20,22-26,28,31H,7-19H2,1-6H3/t20-,22+,23+,24-,25+,26-,28+,31-,32+,33+/m1/s1. The van der Waals surface area contributed by atoms with Gasteiger partial charge in [-0.25, -0.2) is 0 Å². The van der Waals surface area contributed by atoms with E-state index >= 15 is 0 Å². The maximum absolute atomic E-state index is 11.9. The fourth-order valence-electron chi connectivity index (χ4n) is 9.98. The second-order valence-electron chi connectivity index (χ2n) is 14.1. The molecule has 38 heavy (non-hydrogen) atoms. The SMILES string of the molecule is CCC(=O)OC[C@H](C)CCC1=C(C)[C@@H]2[C@H](C[C@@H]3[C@@H]4CC[C@H]5C[C@@H](OC(=O)CC)CC[C@]5(C)[C@H]4CC[C@@]32C)O1. The van der Waals surface area contributed by atoms with Crippen LogP contribution in [0.15, 0.2) is 11.3 Å². The Hall–Kier alpha value is -1.52. The molecule has 0 spiro atoms. The number of carbonyl (C=O) groups is 2. The lowest BCUT2D eigenvalue weighted by molar-refractivity contribution is -0.161. The van der Waals surface area contributed by atoms with Crippen LogP contribution in [0.2, 0.25) is 0 Å². The second kappa shape index (κ2) is 10.8. The minimum absolute atomic E-state index is 0.0320. The highest BCUT2D eigenvalue weighted by Crippen LogP contribution is 2.69. The van der Waals surface area contributed by atoms with Crippen LogP contribution in [0.1, 0.15) is 119 Å². The molecule has 4 fully saturated rings. The summed E-state index contributed by atoms with van der Waals surface area (Å²) in [7, 11) is 0. The van der Waals surface area contributed by atoms with Gasteiger partial charge in [0.1, 0.15) is 12.2 Å². The molecule has 10 atom stereocenters. The minimum atomic E-state index is -0.107. The Morgan fingerprint density at radius 3 is 2.45 bits per heavy atom. The van der Waals surface area contributed by atoms with Crippen LogP contribution >= 0.6 is 0 Å². The van der Waals surface area contributed by atoms with Gasteiger partial charge in [-0.1, -0.05) is 34.6 Å². The molecule has 5 rings (SSSR count). The van der Waals surface area contributed by atoms with Gasteiger partial charge in [-0.3, -0.25) is 9.59 Å². The number of hydrogen-bond donors (Lipinski definition) is 0. The highest BCUT2D eigenvalue weighted by Gasteiger charge is 2.64. The van der Waals surface area contributed by atoms with Gasteiger partial charge in [0.05, 0.1) is 12.4 Å². The van der Waals surface area contributed by atoms with E-state index in [0.29, 0.717) is 54.1 Å². The number of esters is 2. The molecular formula is C33H52O5. The lowest BCUT2D eigenvalue weighted by Gasteiger charge is -2.61. The van der Waals surface area contributed by atoms with Crippen molar-refractivity contribution in [3.63, 3.8) is 0 Å². The molecule has 0 amide bonds. The summed E-state index contributed by atoms with van der Waals surface area (Å²) in [6.45, 7) is 13.9. The van der Waals surface area contributed by atoms with Crippen molar-refractivity contribution in [1.29, 1.82) is 0 Å². The minimum Gasteiger partial charge on any atom is -0.494 e. The summed E-state index contributed by atoms with van der Waals surface area (Å²) >= 11 is 0. The molecule has 1 heterocycles. The van der Waals surface area contributed by atoms with E-state index in [2.05, 4.69) is 27.7 Å². The third kappa shape index (κ3) is 4.83. The van der Waals surface area contributed by atoms with Gasteiger partial charge < -0.3 is 14.2 Å². The Morgan fingerprint density at radius 1 is 0.974 bits per heavy atom. The smallest absolute Gasteiger partial charge is 0.305 e. The van der Waals surface area contributed by atoms with Crippen molar-refractivity contribution >= 4 is 11.9 Å². The van der Waals surface area contributed by atoms with E-state index in [0.717, 1.165) is 43.4 Å². The van der Waals surface area contributed by atoms with Crippen molar-refractivity contribution in [3.05, 3.63) is 11.3 Å². The molecule has 0 bridgehead atoms. The number of carbonyl (C=O) groups excluding carboxylic acids is 2. The van der Waals surface area contributed by atoms with Crippen molar-refractivity contribution in [3.8, 4) is 0 Å². The molecule has 0 radical (unpaired) electrons. The van der Waals surface area contributed by atoms with Crippen molar-refractivity contribution in [2.75, 3.05) is 6.61 Å². The molecule has 4 aliphatic carbocycles. The van der Waals surface area contributed by atoms with E-state index in [1.807, 2.05) is 13.8 Å². The first-order valence-corrected chi connectivity index (χ1v) is 15.8. The van der Waals surface area contributed by atoms with E-state index in [-0.39, 0.29) is 18.0 Å². The summed E-state index contributed by atoms with van der Waals surface area (Å²) in [4.78, 5) is 23.5. The van der Waals surface area contributed by atoms with Gasteiger partial charge in [-0.05, 0) is 111 Å². The molecule has 5 nitrogen and oxygen atoms in total. The van der Waals surface area contributed by atoms with Crippen LogP contribution in [-0.4, -0.2) is 30.8 Å². The van der Waals surface area contributed by atoms with E-state index in [9.17, 15) is 9.59 Å². The predicted octanol–water partition coefficient (Wildman–Crippen LogP) is 7.62. The number of ether oxygens (including phenoxy) is 3. The summed E-state index contributed by atoms with van der Waals surface area (Å²) in [6, 6.07) is 0. The summed E-state index contributed by atoms with van der Waals surface area (Å²) in [6.07, 6.45) is 13.2. The van der Waals surface area contributed by atoms with Gasteiger partial charge in [0.2, 0.25) is 0 Å². The second-order valence-corrected chi connectivity index (χ2v) is 14.1. The predicted molar refractivity (Wildman–Crippen MR) is 148 cm³/mol. The number of allylic oxidation sites excluding steroid dienone is 1. The fraction of sp³-hybridized carbons (Fsp3) is 0.879. The Balaban J connectivity index is 1.23. The van der Waals surface area contributed by atoms with E-state index in [1.165, 1.54) is 49.9 Å². The summed E-state index contributed by atoms with van der Waals surface area (Å²) in [5.41, 5.74) is 2.25. The molecule has 4 saturated carbocycles. The topological polar surface area (TPSA) is 61.8 Å². The molecule has 5 heteroatoms. The third-order valence-corrected chi connectivity index (χ3v) is 12.1. The van der Waals surface area contributed by atoms with Crippen LogP contribution in [0.25, 0.3) is 0 Å². The molecule has 5 aliphatic rings. The number of fused-ring (bicyclic) bond motifs is 7. The van der Waals surface area contributed by atoms with Gasteiger partial charge >= 0.3 is 11.9 Å². The maximum Gasteiger partial charge on any atom is 0.305 e. The average Bonchev–Trinajstić information content (AvgIpc) is 3.38. The van der Waals surface area contributed by atoms with Gasteiger partial charge in [-0.2, -0.15) is 0 Å². The summed E-state index contributed by atoms with van der Waals surface area (Å²) in [5, 5.41) is 0. The molecule has 214 valence electrons. The lowest BCUT2D eigenvalue weighted by atomic mass is 9.44. The van der Waals surface area contributed by atoms with Gasteiger partial charge in [0, 0.05) is 25.2 Å². The van der Waals surface area contributed by atoms with Crippen molar-refractivity contribution in [2.24, 2.45) is 46.3 Å². The van der Waals surface area contributed by atoms with Crippen molar-refractivity contribution in [1.82, 2.24) is 0 Å². The van der Waals surface area contributed by atoms with E-state index < -0.39 is 0 Å². The Morgan fingerprint density at radius 2 is 1.71 bits per heavy atom. The molecule has 0 aromatic heterocycles. The van der Waals surface area contributed by atoms with Crippen LogP contribution in [0.3, 0.4) is 0 Å². The Labute approximate surface area is 230 Å². The molecule has 0 N–H and O–H groups in total. The highest BCUT2D eigenvalue weighted by atomic mass is 16.5. The van der Waals surface area contributed by atoms with Crippen molar-refractivity contribution in [2.45, 2.75) is 131 Å². The quantitative estimate of drug-likeness (QED) is 0.303. The monoisotopic (exact) mass is 528 g/mol. The first-order valence-electron chi connectivity index (χ1n) is 15.8. The van der Waals surface area contributed by atoms with Crippen LogP contribution in [0, 0.1) is 46.3 Å². The van der Waals surface area contributed by atoms with Gasteiger partial charge in [0.25, 0.3) is 0 Å². The summed E-state index contributed by atoms with van der Waals surface area (Å²) in [5.74, 6) is 5.07. The van der Waals surface area contributed by atoms with E-state index in [4.69, 9.17) is 14.2 Å². The summed E-state index contributed by atoms with van der Waals surface area (Å²) < 4.78 is 17.9. The molecule has 1 aliphatic heterocycles. The van der Waals surface area contributed by atoms with Gasteiger partial charge in [0.15, 0.2) is 0 Å². The molecule has 0 aromatic rings. The largest absolute Gasteiger partial charge is 0.494 e. The van der Waals surface area contributed by atoms with Gasteiger partial charge in [-0.15, -0.1) is 0 Å². The first kappa shape index (κ1) is 28.0. The van der Waals surface area contributed by atoms with Crippen LogP contribution < -0.4 is 0 Å². The lowest BCUT2D eigenvalue weighted by Crippen LogP contribution is -2.54. The zero-order valence-corrected chi connectivity index (χ0v) is 24.9. The van der Waals surface area contributed by atoms with E-state index in [1.54, 1.807) is 0 Å². The Bertz CT molecular complexity index is 940. The zero-order chi connectivity index (χ0) is 27.2. The fourth-order valence-corrected chi connectivity index (χ4v) is 9.98. The molecule has 0 unspecified atom stereocenters. The normalized spacial score (nSPS) is 42.3. The highest BCUT2D eigenvalue weighted by molar-refractivity contribution is 5.69. The van der Waals surface area contributed by atoms with Crippen LogP contribution in [0.4, 0.5) is 0 Å². The third-order valence-electron chi connectivity index (χ3n) is 12.1. The Kier molecular flexibility index (Phi) is 7.97. The maximum atomic E-state index is 11.9.